The van der Waals surface area contributed by atoms with Crippen molar-refractivity contribution in [2.45, 2.75) is 120 Å². The number of rotatable bonds is 14. The number of aryl methyl sites for hydroxylation is 1. The molecule has 6 nitrogen and oxygen atoms in total. The van der Waals surface area contributed by atoms with Gasteiger partial charge in [0, 0.05) is 42.4 Å². The van der Waals surface area contributed by atoms with Crippen LogP contribution in [0.3, 0.4) is 0 Å². The highest BCUT2D eigenvalue weighted by atomic mass is 16.5. The van der Waals surface area contributed by atoms with Crippen LogP contribution in [0.5, 0.6) is 11.5 Å². The van der Waals surface area contributed by atoms with Gasteiger partial charge in [-0.25, -0.2) is 0 Å². The Hall–Kier alpha value is -2.57. The average Bonchev–Trinajstić information content (AvgIpc) is 3.62. The molecule has 2 unspecified atom stereocenters. The number of aliphatic hydroxyl groups excluding tert-OH is 1. The quantitative estimate of drug-likeness (QED) is 0.258. The van der Waals surface area contributed by atoms with Crippen molar-refractivity contribution in [1.82, 2.24) is 9.80 Å². The number of aliphatic hydroxyl groups is 1. The molecule has 3 fully saturated rings. The first-order valence-electron chi connectivity index (χ1n) is 17.7. The number of piperidine rings is 1. The maximum absolute atomic E-state index is 14.1. The first-order chi connectivity index (χ1) is 21.5. The average molecular weight is 601 g/mol. The fourth-order valence-corrected chi connectivity index (χ4v) is 9.60. The van der Waals surface area contributed by atoms with Gasteiger partial charge in [-0.15, -0.1) is 0 Å². The molecule has 7 atom stereocenters. The highest BCUT2D eigenvalue weighted by molar-refractivity contribution is 5.77. The minimum absolute atomic E-state index is 0.0218. The van der Waals surface area contributed by atoms with E-state index in [9.17, 15) is 9.90 Å². The predicted molar refractivity (Wildman–Crippen MR) is 173 cm³/mol. The molecule has 2 bridgehead atoms. The summed E-state index contributed by atoms with van der Waals surface area (Å²) in [5.74, 6) is 3.07. The van der Waals surface area contributed by atoms with Crippen LogP contribution in [0, 0.1) is 11.8 Å². The summed E-state index contributed by atoms with van der Waals surface area (Å²) in [7, 11) is 1.75. The number of benzene rings is 2. The number of methoxy groups -OCH3 is 1. The summed E-state index contributed by atoms with van der Waals surface area (Å²) in [5.41, 5.74) is 4.13. The van der Waals surface area contributed by atoms with Crippen LogP contribution in [0.4, 0.5) is 0 Å². The first kappa shape index (κ1) is 30.1. The zero-order valence-electron chi connectivity index (χ0n) is 26.9. The Morgan fingerprint density at radius 3 is 2.70 bits per heavy atom. The molecular weight excluding hydrogens is 548 g/mol. The molecule has 1 amide bonds. The van der Waals surface area contributed by atoms with Gasteiger partial charge >= 0.3 is 0 Å². The van der Waals surface area contributed by atoms with Gasteiger partial charge in [-0.1, -0.05) is 62.6 Å². The van der Waals surface area contributed by atoms with Crippen molar-refractivity contribution in [1.29, 1.82) is 0 Å². The molecule has 5 aliphatic rings. The van der Waals surface area contributed by atoms with Gasteiger partial charge < -0.3 is 19.5 Å². The highest BCUT2D eigenvalue weighted by Gasteiger charge is 2.67. The lowest BCUT2D eigenvalue weighted by atomic mass is 9.51. The van der Waals surface area contributed by atoms with Crippen LogP contribution in [0.2, 0.25) is 0 Å². The van der Waals surface area contributed by atoms with E-state index in [1.807, 2.05) is 0 Å². The van der Waals surface area contributed by atoms with E-state index in [2.05, 4.69) is 59.2 Å². The number of carbonyl (C=O) groups is 1. The van der Waals surface area contributed by atoms with E-state index >= 15 is 0 Å². The van der Waals surface area contributed by atoms with Crippen LogP contribution in [0.1, 0.15) is 94.2 Å². The Morgan fingerprint density at radius 1 is 1.09 bits per heavy atom. The number of likely N-dealkylation sites (tertiary alicyclic amines) is 1. The summed E-state index contributed by atoms with van der Waals surface area (Å²) < 4.78 is 13.0. The zero-order valence-corrected chi connectivity index (χ0v) is 26.9. The third kappa shape index (κ3) is 5.34. The van der Waals surface area contributed by atoms with E-state index < -0.39 is 0 Å². The third-order valence-corrected chi connectivity index (χ3v) is 11.9. The molecule has 7 rings (SSSR count). The van der Waals surface area contributed by atoms with Crippen LogP contribution in [-0.2, 0) is 23.1 Å². The fraction of sp³-hybridized carbons (Fsp3) is 0.658. The number of nitrogens with zero attached hydrogens (tertiary/aromatic N) is 2. The zero-order chi connectivity index (χ0) is 30.3. The summed E-state index contributed by atoms with van der Waals surface area (Å²) in [5, 5.41) is 10.2. The van der Waals surface area contributed by atoms with Crippen LogP contribution in [0.15, 0.2) is 42.5 Å². The van der Waals surface area contributed by atoms with Crippen molar-refractivity contribution in [2.24, 2.45) is 11.8 Å². The van der Waals surface area contributed by atoms with E-state index in [-0.39, 0.29) is 23.7 Å². The van der Waals surface area contributed by atoms with Crippen molar-refractivity contribution in [3.63, 3.8) is 0 Å². The Balaban J connectivity index is 1.12. The largest absolute Gasteiger partial charge is 0.493 e. The maximum Gasteiger partial charge on any atom is 0.222 e. The molecule has 1 saturated heterocycles. The molecule has 2 aromatic rings. The number of amides is 1. The fourth-order valence-electron chi connectivity index (χ4n) is 9.60. The van der Waals surface area contributed by atoms with Gasteiger partial charge in [0.15, 0.2) is 11.5 Å². The number of hydrogen-bond acceptors (Lipinski definition) is 5. The number of ether oxygens (including phenoxy) is 2. The highest BCUT2D eigenvalue weighted by Crippen LogP contribution is 2.64. The molecule has 1 spiro atoms. The predicted octanol–water partition coefficient (Wildman–Crippen LogP) is 6.31. The molecule has 2 aromatic carbocycles. The summed E-state index contributed by atoms with van der Waals surface area (Å²) in [6.45, 7) is 5.12. The summed E-state index contributed by atoms with van der Waals surface area (Å²) in [6, 6.07) is 15.7. The van der Waals surface area contributed by atoms with Crippen molar-refractivity contribution < 1.29 is 19.4 Å². The van der Waals surface area contributed by atoms with Gasteiger partial charge in [0.25, 0.3) is 0 Å². The standard InChI is InChI=1S/C38H52N2O4/c1-3-4-11-21-40(34(42)15-10-6-9-14-26-12-7-5-8-13-26)30-18-17-29-31-23-27-16-19-33(43-2)36-35(27)38(29,37(30)44-36)20-22-39(31)25-28-24-32(28)41/h5,7-8,12-13,16,19,28-32,37,41H,3-4,6,9-11,14-15,17-18,20-25H2,1-2H3/t28?,29-,30-,31+,32?,37-,38-/m0/s1. The van der Waals surface area contributed by atoms with Crippen molar-refractivity contribution in [3.8, 4) is 11.5 Å². The second-order valence-electron chi connectivity index (χ2n) is 14.4. The number of carbonyl (C=O) groups excluding carboxylic acids is 1. The summed E-state index contributed by atoms with van der Waals surface area (Å²) in [6.07, 6.45) is 13.3. The first-order valence-corrected chi connectivity index (χ1v) is 17.7. The molecular formula is C38H52N2O4. The molecule has 0 aromatic heterocycles. The Morgan fingerprint density at radius 2 is 1.93 bits per heavy atom. The lowest BCUT2D eigenvalue weighted by Crippen LogP contribution is -2.69. The van der Waals surface area contributed by atoms with Crippen LogP contribution in [0.25, 0.3) is 0 Å². The molecule has 2 heterocycles. The van der Waals surface area contributed by atoms with Crippen molar-refractivity contribution in [3.05, 3.63) is 59.2 Å². The van der Waals surface area contributed by atoms with Gasteiger partial charge in [-0.2, -0.15) is 0 Å². The number of hydrogen-bond donors (Lipinski definition) is 1. The lowest BCUT2D eigenvalue weighted by Gasteiger charge is -2.60. The Labute approximate surface area is 264 Å². The van der Waals surface area contributed by atoms with E-state index in [0.29, 0.717) is 30.2 Å². The summed E-state index contributed by atoms with van der Waals surface area (Å²) >= 11 is 0. The molecule has 1 N–H and O–H groups in total. The third-order valence-electron chi connectivity index (χ3n) is 11.9. The Kier molecular flexibility index (Phi) is 8.67. The SMILES string of the molecule is CCCCCN(C(=O)CCCCCc1ccccc1)[C@H]1CC[C@H]2[C@H]3Cc4ccc(OC)c5c4[C@@]2(CCN3CC2CC2O)[C@H]1O5. The second kappa shape index (κ2) is 12.7. The maximum atomic E-state index is 14.1. The normalized spacial score (nSPS) is 31.2. The van der Waals surface area contributed by atoms with E-state index in [4.69, 9.17) is 9.47 Å². The van der Waals surface area contributed by atoms with Crippen molar-refractivity contribution >= 4 is 5.91 Å². The smallest absolute Gasteiger partial charge is 0.222 e. The van der Waals surface area contributed by atoms with Crippen LogP contribution < -0.4 is 9.47 Å². The second-order valence-corrected chi connectivity index (χ2v) is 14.4. The Bertz CT molecular complexity index is 1320. The van der Waals surface area contributed by atoms with E-state index in [0.717, 1.165) is 108 Å². The molecule has 0 radical (unpaired) electrons. The van der Waals surface area contributed by atoms with Gasteiger partial charge in [0.2, 0.25) is 5.91 Å². The molecule has 2 saturated carbocycles. The van der Waals surface area contributed by atoms with Crippen LogP contribution >= 0.6 is 0 Å². The van der Waals surface area contributed by atoms with Gasteiger partial charge in [-0.05, 0) is 87.4 Å². The monoisotopic (exact) mass is 600 g/mol. The lowest BCUT2D eigenvalue weighted by molar-refractivity contribution is -0.143. The molecule has 6 heteroatoms. The van der Waals surface area contributed by atoms with E-state index in [1.165, 1.54) is 16.7 Å². The topological polar surface area (TPSA) is 62.2 Å². The van der Waals surface area contributed by atoms with E-state index in [1.54, 1.807) is 7.11 Å². The molecule has 3 aliphatic carbocycles. The minimum Gasteiger partial charge on any atom is -0.493 e. The minimum atomic E-state index is -0.114. The van der Waals surface area contributed by atoms with Crippen molar-refractivity contribution in [2.75, 3.05) is 26.7 Å². The summed E-state index contributed by atoms with van der Waals surface area (Å²) in [4.78, 5) is 19.1. The molecule has 44 heavy (non-hydrogen) atoms. The van der Waals surface area contributed by atoms with Gasteiger partial charge in [-0.3, -0.25) is 9.69 Å². The van der Waals surface area contributed by atoms with Gasteiger partial charge in [0.05, 0.1) is 19.3 Å². The number of unbranched alkanes of at least 4 members (excludes halogenated alkanes) is 4. The van der Waals surface area contributed by atoms with Crippen LogP contribution in [-0.4, -0.2) is 71.8 Å². The molecule has 2 aliphatic heterocycles. The van der Waals surface area contributed by atoms with Gasteiger partial charge in [0.1, 0.15) is 6.10 Å². The molecule has 238 valence electrons.